The molecule has 1 aromatic carbocycles. The Kier molecular flexibility index (Phi) is 4.25. The number of azo groups is 1. The van der Waals surface area contributed by atoms with Crippen LogP contribution in [-0.2, 0) is 4.79 Å². The van der Waals surface area contributed by atoms with Crippen molar-refractivity contribution in [3.05, 3.63) is 53.1 Å². The van der Waals surface area contributed by atoms with E-state index in [0.29, 0.717) is 5.76 Å². The second kappa shape index (κ2) is 6.12. The van der Waals surface area contributed by atoms with Crippen molar-refractivity contribution >= 4 is 17.4 Å². The summed E-state index contributed by atoms with van der Waals surface area (Å²) in [6, 6.07) is 4.25. The first-order valence-corrected chi connectivity index (χ1v) is 5.86. The monoisotopic (exact) mass is 309 g/mol. The molecule has 0 saturated heterocycles. The van der Waals surface area contributed by atoms with Gasteiger partial charge in [0.1, 0.15) is 5.76 Å². The molecule has 2 rings (SSSR count). The predicted octanol–water partition coefficient (Wildman–Crippen LogP) is 3.36. The number of halogens is 2. The van der Waals surface area contributed by atoms with Crippen LogP contribution in [0, 0.1) is 18.6 Å². The van der Waals surface area contributed by atoms with Crippen LogP contribution in [0.15, 0.2) is 44.7 Å². The molecule has 1 aromatic heterocycles. The summed E-state index contributed by atoms with van der Waals surface area (Å²) < 4.78 is 31.5. The Morgan fingerprint density at radius 3 is 2.41 bits per heavy atom. The minimum Gasteiger partial charge on any atom is -0.504 e. The number of benzene rings is 1. The number of aliphatic hydroxyl groups is 1. The highest BCUT2D eigenvalue weighted by Crippen LogP contribution is 2.24. The number of aromatic nitrogens is 1. The normalized spacial score (nSPS) is 12.5. The van der Waals surface area contributed by atoms with Gasteiger partial charge in [-0.1, -0.05) is 11.2 Å². The van der Waals surface area contributed by atoms with Crippen LogP contribution in [0.2, 0.25) is 0 Å². The summed E-state index contributed by atoms with van der Waals surface area (Å²) >= 11 is 0. The van der Waals surface area contributed by atoms with Gasteiger partial charge < -0.3 is 14.7 Å². The third kappa shape index (κ3) is 3.14. The van der Waals surface area contributed by atoms with Gasteiger partial charge in [0.2, 0.25) is 5.70 Å². The maximum atomic E-state index is 13.4. The molecule has 0 aliphatic heterocycles. The maximum Gasteiger partial charge on any atom is 0.360 e. The third-order valence-corrected chi connectivity index (χ3v) is 2.49. The molecule has 0 fully saturated rings. The van der Waals surface area contributed by atoms with Crippen LogP contribution in [-0.4, -0.2) is 21.3 Å². The average molecular weight is 309 g/mol. The fourth-order valence-electron chi connectivity index (χ4n) is 1.48. The number of aryl methyl sites for hydroxylation is 1. The summed E-state index contributed by atoms with van der Waals surface area (Å²) in [6.07, 6.45) is 0. The standard InChI is InChI=1S/C13H9F2N3O4/c1-6-5-9(18-22-6)12(19)11(13(20)21)17-16-10-7(14)3-2-4-8(10)15/h2-5,19H,1H3,(H,20,21)/b12-11+,17-16?. The predicted molar refractivity (Wildman–Crippen MR) is 69.3 cm³/mol. The second-order valence-electron chi connectivity index (χ2n) is 4.10. The van der Waals surface area contributed by atoms with Crippen LogP contribution >= 0.6 is 0 Å². The van der Waals surface area contributed by atoms with Gasteiger partial charge in [0, 0.05) is 6.07 Å². The topological polar surface area (TPSA) is 108 Å². The molecule has 0 aliphatic carbocycles. The molecular formula is C13H9F2N3O4. The summed E-state index contributed by atoms with van der Waals surface area (Å²) in [5.41, 5.74) is -1.90. The molecule has 2 N–H and O–H groups in total. The second-order valence-corrected chi connectivity index (χ2v) is 4.10. The molecule has 114 valence electrons. The van der Waals surface area contributed by atoms with E-state index in [-0.39, 0.29) is 5.69 Å². The number of carboxylic acids is 1. The fraction of sp³-hybridized carbons (Fsp3) is 0.0769. The van der Waals surface area contributed by atoms with Crippen molar-refractivity contribution in [1.29, 1.82) is 0 Å². The highest BCUT2D eigenvalue weighted by molar-refractivity contribution is 5.93. The summed E-state index contributed by atoms with van der Waals surface area (Å²) in [6.45, 7) is 1.53. The van der Waals surface area contributed by atoms with Gasteiger partial charge in [-0.15, -0.1) is 10.2 Å². The molecule has 0 radical (unpaired) electrons. The number of nitrogens with zero attached hydrogens (tertiary/aromatic N) is 3. The van der Waals surface area contributed by atoms with Gasteiger partial charge in [0.05, 0.1) is 0 Å². The van der Waals surface area contributed by atoms with Crippen LogP contribution in [0.25, 0.3) is 5.76 Å². The van der Waals surface area contributed by atoms with Crippen LogP contribution in [0.1, 0.15) is 11.5 Å². The highest BCUT2D eigenvalue weighted by Gasteiger charge is 2.19. The highest BCUT2D eigenvalue weighted by atomic mass is 19.1. The zero-order valence-corrected chi connectivity index (χ0v) is 11.1. The van der Waals surface area contributed by atoms with Crippen LogP contribution < -0.4 is 0 Å². The molecule has 0 atom stereocenters. The molecule has 1 heterocycles. The number of aliphatic carboxylic acids is 1. The number of carboxylic acid groups (broad SMARTS) is 1. The molecule has 22 heavy (non-hydrogen) atoms. The van der Waals surface area contributed by atoms with Gasteiger partial charge in [-0.25, -0.2) is 13.6 Å². The van der Waals surface area contributed by atoms with Crippen LogP contribution in [0.3, 0.4) is 0 Å². The number of carbonyl (C=O) groups is 1. The van der Waals surface area contributed by atoms with Gasteiger partial charge in [-0.2, -0.15) is 0 Å². The minimum atomic E-state index is -1.65. The van der Waals surface area contributed by atoms with Crippen molar-refractivity contribution in [2.75, 3.05) is 0 Å². The SMILES string of the molecule is Cc1cc(/C(O)=C(\N=Nc2c(F)cccc2F)C(=O)O)no1. The van der Waals surface area contributed by atoms with E-state index in [4.69, 9.17) is 5.11 Å². The van der Waals surface area contributed by atoms with Crippen LogP contribution in [0.5, 0.6) is 0 Å². The van der Waals surface area contributed by atoms with Crippen LogP contribution in [0.4, 0.5) is 14.5 Å². The average Bonchev–Trinajstić information content (AvgIpc) is 2.88. The Labute approximate surface area is 122 Å². The quantitative estimate of drug-likeness (QED) is 0.511. The molecule has 9 heteroatoms. The summed E-state index contributed by atoms with van der Waals surface area (Å²) in [5.74, 6) is -4.22. The van der Waals surface area contributed by atoms with Gasteiger partial charge >= 0.3 is 5.97 Å². The van der Waals surface area contributed by atoms with E-state index in [9.17, 15) is 18.7 Å². The molecule has 0 unspecified atom stereocenters. The largest absolute Gasteiger partial charge is 0.504 e. The number of aliphatic hydroxyl groups excluding tert-OH is 1. The van der Waals surface area contributed by atoms with Crippen molar-refractivity contribution in [2.24, 2.45) is 10.2 Å². The molecule has 0 saturated carbocycles. The number of hydrogen-bond donors (Lipinski definition) is 2. The lowest BCUT2D eigenvalue weighted by atomic mass is 10.2. The lowest BCUT2D eigenvalue weighted by Crippen LogP contribution is -2.02. The maximum absolute atomic E-state index is 13.4. The Hall–Kier alpha value is -3.10. The first kappa shape index (κ1) is 15.3. The van der Waals surface area contributed by atoms with E-state index in [0.717, 1.165) is 18.2 Å². The van der Waals surface area contributed by atoms with Crippen molar-refractivity contribution in [3.63, 3.8) is 0 Å². The van der Waals surface area contributed by atoms with Crippen molar-refractivity contribution in [1.82, 2.24) is 5.16 Å². The molecule has 0 bridgehead atoms. The Balaban J connectivity index is 2.46. The van der Waals surface area contributed by atoms with E-state index in [1.54, 1.807) is 0 Å². The van der Waals surface area contributed by atoms with Gasteiger partial charge in [-0.05, 0) is 19.1 Å². The Bertz CT molecular complexity index is 763. The first-order chi connectivity index (χ1) is 10.4. The first-order valence-electron chi connectivity index (χ1n) is 5.86. The van der Waals surface area contributed by atoms with E-state index in [1.807, 2.05) is 0 Å². The molecule has 0 amide bonds. The fourth-order valence-corrected chi connectivity index (χ4v) is 1.48. The zero-order valence-electron chi connectivity index (χ0n) is 11.1. The lowest BCUT2D eigenvalue weighted by Gasteiger charge is -1.99. The molecule has 2 aromatic rings. The summed E-state index contributed by atoms with van der Waals surface area (Å²) in [4.78, 5) is 11.1. The van der Waals surface area contributed by atoms with Crippen molar-refractivity contribution in [3.8, 4) is 0 Å². The lowest BCUT2D eigenvalue weighted by molar-refractivity contribution is -0.132. The molecule has 0 aliphatic rings. The minimum absolute atomic E-state index is 0.192. The molecular weight excluding hydrogens is 300 g/mol. The van der Waals surface area contributed by atoms with Gasteiger partial charge in [0.15, 0.2) is 28.8 Å². The van der Waals surface area contributed by atoms with Gasteiger partial charge in [-0.3, -0.25) is 0 Å². The van der Waals surface area contributed by atoms with E-state index in [1.165, 1.54) is 13.0 Å². The summed E-state index contributed by atoms with van der Waals surface area (Å²) in [5, 5.41) is 28.6. The van der Waals surface area contributed by atoms with E-state index < -0.39 is 34.7 Å². The van der Waals surface area contributed by atoms with Crippen molar-refractivity contribution in [2.45, 2.75) is 6.92 Å². The Morgan fingerprint density at radius 1 is 1.27 bits per heavy atom. The molecule has 7 nitrogen and oxygen atoms in total. The van der Waals surface area contributed by atoms with Gasteiger partial charge in [0.25, 0.3) is 0 Å². The number of hydrogen-bond acceptors (Lipinski definition) is 6. The number of rotatable bonds is 4. The molecule has 0 spiro atoms. The zero-order chi connectivity index (χ0) is 16.3. The van der Waals surface area contributed by atoms with E-state index >= 15 is 0 Å². The summed E-state index contributed by atoms with van der Waals surface area (Å²) in [7, 11) is 0. The smallest absolute Gasteiger partial charge is 0.360 e. The Morgan fingerprint density at radius 2 is 1.91 bits per heavy atom. The third-order valence-electron chi connectivity index (χ3n) is 2.49. The van der Waals surface area contributed by atoms with Crippen molar-refractivity contribution < 1.29 is 28.3 Å². The van der Waals surface area contributed by atoms with E-state index in [2.05, 4.69) is 19.9 Å².